The molecule has 0 aliphatic rings. The van der Waals surface area contributed by atoms with Gasteiger partial charge in [0.25, 0.3) is 0 Å². The molecule has 1 aromatic carbocycles. The lowest BCUT2D eigenvalue weighted by molar-refractivity contribution is -0.130. The summed E-state index contributed by atoms with van der Waals surface area (Å²) in [7, 11) is 0. The normalized spacial score (nSPS) is 10.5. The summed E-state index contributed by atoms with van der Waals surface area (Å²) in [5.41, 5.74) is 1.13. The van der Waals surface area contributed by atoms with Crippen molar-refractivity contribution in [2.45, 2.75) is 33.2 Å². The predicted molar refractivity (Wildman–Crippen MR) is 80.3 cm³/mol. The molecule has 0 aromatic heterocycles. The number of halogens is 1. The second kappa shape index (κ2) is 8.94. The Morgan fingerprint density at radius 3 is 2.26 bits per heavy atom. The van der Waals surface area contributed by atoms with Gasteiger partial charge in [0.15, 0.2) is 0 Å². The zero-order chi connectivity index (χ0) is 14.1. The van der Waals surface area contributed by atoms with Crippen molar-refractivity contribution >= 4 is 17.5 Å². The Morgan fingerprint density at radius 2 is 1.74 bits per heavy atom. The van der Waals surface area contributed by atoms with E-state index in [4.69, 9.17) is 11.6 Å². The highest BCUT2D eigenvalue weighted by atomic mass is 35.5. The molecule has 0 saturated heterocycles. The number of carbonyl (C=O) groups excluding carboxylic acids is 1. The molecule has 0 radical (unpaired) electrons. The van der Waals surface area contributed by atoms with E-state index in [2.05, 4.69) is 19.2 Å². The molecule has 0 aliphatic carbocycles. The third-order valence-electron chi connectivity index (χ3n) is 2.86. The SMILES string of the molecule is CCCN(CCC)C(=O)CNCc1ccc(Cl)cc1. The quantitative estimate of drug-likeness (QED) is 0.795. The van der Waals surface area contributed by atoms with Gasteiger partial charge in [-0.2, -0.15) is 0 Å². The average molecular weight is 283 g/mol. The van der Waals surface area contributed by atoms with E-state index < -0.39 is 0 Å². The van der Waals surface area contributed by atoms with Crippen LogP contribution < -0.4 is 5.32 Å². The lowest BCUT2D eigenvalue weighted by atomic mass is 10.2. The number of nitrogens with zero attached hydrogens (tertiary/aromatic N) is 1. The lowest BCUT2D eigenvalue weighted by Crippen LogP contribution is -2.38. The molecule has 1 amide bonds. The molecule has 0 spiro atoms. The van der Waals surface area contributed by atoms with Gasteiger partial charge in [0.05, 0.1) is 6.54 Å². The summed E-state index contributed by atoms with van der Waals surface area (Å²) in [4.78, 5) is 13.9. The Bertz CT molecular complexity index is 372. The molecule has 0 atom stereocenters. The van der Waals surface area contributed by atoms with E-state index in [-0.39, 0.29) is 5.91 Å². The van der Waals surface area contributed by atoms with Crippen molar-refractivity contribution in [2.24, 2.45) is 0 Å². The van der Waals surface area contributed by atoms with Crippen molar-refractivity contribution in [3.63, 3.8) is 0 Å². The Balaban J connectivity index is 2.34. The van der Waals surface area contributed by atoms with E-state index in [1.165, 1.54) is 0 Å². The van der Waals surface area contributed by atoms with Crippen LogP contribution in [0.4, 0.5) is 0 Å². The average Bonchev–Trinajstić information content (AvgIpc) is 2.40. The van der Waals surface area contributed by atoms with E-state index in [0.29, 0.717) is 13.1 Å². The van der Waals surface area contributed by atoms with E-state index >= 15 is 0 Å². The number of benzene rings is 1. The lowest BCUT2D eigenvalue weighted by Gasteiger charge is -2.21. The van der Waals surface area contributed by atoms with Crippen molar-refractivity contribution < 1.29 is 4.79 Å². The van der Waals surface area contributed by atoms with Crippen LogP contribution in [0.5, 0.6) is 0 Å². The minimum absolute atomic E-state index is 0.178. The Labute approximate surface area is 120 Å². The summed E-state index contributed by atoms with van der Waals surface area (Å²) in [5.74, 6) is 0.178. The second-order valence-corrected chi connectivity index (χ2v) is 5.05. The number of carbonyl (C=O) groups is 1. The molecule has 0 aliphatic heterocycles. The predicted octanol–water partition coefficient (Wildman–Crippen LogP) is 3.08. The van der Waals surface area contributed by atoms with Gasteiger partial charge in [-0.15, -0.1) is 0 Å². The van der Waals surface area contributed by atoms with Crippen molar-refractivity contribution in [3.8, 4) is 0 Å². The van der Waals surface area contributed by atoms with Crippen LogP contribution in [0.2, 0.25) is 5.02 Å². The number of hydrogen-bond acceptors (Lipinski definition) is 2. The molecular weight excluding hydrogens is 260 g/mol. The van der Waals surface area contributed by atoms with Gasteiger partial charge >= 0.3 is 0 Å². The Kier molecular flexibility index (Phi) is 7.53. The standard InChI is InChI=1S/C15H23ClN2O/c1-3-9-18(10-4-2)15(19)12-17-11-13-5-7-14(16)8-6-13/h5-8,17H,3-4,9-12H2,1-2H3. The monoisotopic (exact) mass is 282 g/mol. The molecule has 106 valence electrons. The summed E-state index contributed by atoms with van der Waals surface area (Å²) in [5, 5.41) is 3.92. The molecule has 1 N–H and O–H groups in total. The van der Waals surface area contributed by atoms with Gasteiger partial charge < -0.3 is 10.2 Å². The van der Waals surface area contributed by atoms with Crippen LogP contribution in [-0.4, -0.2) is 30.4 Å². The first kappa shape index (κ1) is 16.0. The van der Waals surface area contributed by atoms with Crippen LogP contribution in [0.25, 0.3) is 0 Å². The smallest absolute Gasteiger partial charge is 0.236 e. The maximum atomic E-state index is 12.0. The summed E-state index contributed by atoms with van der Waals surface area (Å²) >= 11 is 5.83. The maximum absolute atomic E-state index is 12.0. The molecule has 1 aromatic rings. The van der Waals surface area contributed by atoms with Crippen LogP contribution in [0.15, 0.2) is 24.3 Å². The van der Waals surface area contributed by atoms with Crippen LogP contribution in [0.1, 0.15) is 32.3 Å². The van der Waals surface area contributed by atoms with Crippen molar-refractivity contribution in [1.82, 2.24) is 10.2 Å². The number of hydrogen-bond donors (Lipinski definition) is 1. The third kappa shape index (κ3) is 6.08. The molecule has 19 heavy (non-hydrogen) atoms. The van der Waals surface area contributed by atoms with Gasteiger partial charge in [-0.25, -0.2) is 0 Å². The first-order valence-corrected chi connectivity index (χ1v) is 7.28. The van der Waals surface area contributed by atoms with Gasteiger partial charge in [0.1, 0.15) is 0 Å². The number of amides is 1. The summed E-state index contributed by atoms with van der Waals surface area (Å²) in [6.45, 7) is 6.95. The molecule has 0 heterocycles. The maximum Gasteiger partial charge on any atom is 0.236 e. The number of nitrogens with one attached hydrogen (secondary N) is 1. The molecule has 0 fully saturated rings. The van der Waals surface area contributed by atoms with Gasteiger partial charge in [-0.3, -0.25) is 4.79 Å². The highest BCUT2D eigenvalue weighted by molar-refractivity contribution is 6.30. The highest BCUT2D eigenvalue weighted by Gasteiger charge is 2.10. The topological polar surface area (TPSA) is 32.3 Å². The van der Waals surface area contributed by atoms with Crippen LogP contribution in [0, 0.1) is 0 Å². The van der Waals surface area contributed by atoms with Gasteiger partial charge in [-0.1, -0.05) is 37.6 Å². The fraction of sp³-hybridized carbons (Fsp3) is 0.533. The molecule has 0 bridgehead atoms. The Hall–Kier alpha value is -1.06. The minimum atomic E-state index is 0.178. The van der Waals surface area contributed by atoms with E-state index in [9.17, 15) is 4.79 Å². The van der Waals surface area contributed by atoms with Crippen LogP contribution >= 0.6 is 11.6 Å². The van der Waals surface area contributed by atoms with E-state index in [1.807, 2.05) is 29.2 Å². The summed E-state index contributed by atoms with van der Waals surface area (Å²) in [6.07, 6.45) is 2.01. The van der Waals surface area contributed by atoms with Gasteiger partial charge in [0, 0.05) is 24.7 Å². The van der Waals surface area contributed by atoms with Gasteiger partial charge in [-0.05, 0) is 30.5 Å². The molecule has 0 saturated carbocycles. The fourth-order valence-corrected chi connectivity index (χ4v) is 2.05. The molecule has 0 unspecified atom stereocenters. The first-order valence-electron chi connectivity index (χ1n) is 6.90. The largest absolute Gasteiger partial charge is 0.342 e. The fourth-order valence-electron chi connectivity index (χ4n) is 1.93. The van der Waals surface area contributed by atoms with Crippen LogP contribution in [0.3, 0.4) is 0 Å². The molecule has 4 heteroatoms. The van der Waals surface area contributed by atoms with E-state index in [0.717, 1.165) is 36.5 Å². The summed E-state index contributed by atoms with van der Waals surface area (Å²) in [6, 6.07) is 7.66. The van der Waals surface area contributed by atoms with E-state index in [1.54, 1.807) is 0 Å². The highest BCUT2D eigenvalue weighted by Crippen LogP contribution is 2.09. The molecular formula is C15H23ClN2O. The van der Waals surface area contributed by atoms with Crippen molar-refractivity contribution in [1.29, 1.82) is 0 Å². The molecule has 3 nitrogen and oxygen atoms in total. The van der Waals surface area contributed by atoms with Crippen molar-refractivity contribution in [2.75, 3.05) is 19.6 Å². The molecule has 1 rings (SSSR count). The number of rotatable bonds is 8. The minimum Gasteiger partial charge on any atom is -0.342 e. The summed E-state index contributed by atoms with van der Waals surface area (Å²) < 4.78 is 0. The Morgan fingerprint density at radius 1 is 1.16 bits per heavy atom. The van der Waals surface area contributed by atoms with Gasteiger partial charge in [0.2, 0.25) is 5.91 Å². The second-order valence-electron chi connectivity index (χ2n) is 4.61. The first-order chi connectivity index (χ1) is 9.17. The van der Waals surface area contributed by atoms with Crippen LogP contribution in [-0.2, 0) is 11.3 Å². The zero-order valence-corrected chi connectivity index (χ0v) is 12.5. The third-order valence-corrected chi connectivity index (χ3v) is 3.11. The van der Waals surface area contributed by atoms with Crippen molar-refractivity contribution in [3.05, 3.63) is 34.9 Å². The zero-order valence-electron chi connectivity index (χ0n) is 11.8.